The van der Waals surface area contributed by atoms with Crippen molar-refractivity contribution in [1.29, 1.82) is 0 Å². The lowest BCUT2D eigenvalue weighted by Crippen LogP contribution is -1.97. The highest BCUT2D eigenvalue weighted by molar-refractivity contribution is 7.85. The minimum absolute atomic E-state index is 0.0873. The Morgan fingerprint density at radius 2 is 2.00 bits per heavy atom. The van der Waals surface area contributed by atoms with Crippen molar-refractivity contribution < 1.29 is 18.2 Å². The van der Waals surface area contributed by atoms with Crippen molar-refractivity contribution >= 4 is 22.8 Å². The Balaban J connectivity index is 0.000000197. The predicted octanol–water partition coefficient (Wildman–Crippen LogP) is 3.39. The number of aromatic nitrogens is 1. The number of benzene rings is 2. The molecule has 0 spiro atoms. The van der Waals surface area contributed by atoms with Crippen molar-refractivity contribution in [3.05, 3.63) is 61.1 Å². The number of hydrogen-bond donors (Lipinski definition) is 1. The Hall–Kier alpha value is -2.93. The van der Waals surface area contributed by atoms with Crippen molar-refractivity contribution in [3.8, 4) is 17.1 Å². The molecule has 0 radical (unpaired) electrons. The molecule has 0 bridgehead atoms. The van der Waals surface area contributed by atoms with Crippen LogP contribution >= 0.6 is 0 Å². The molecule has 2 aromatic carbocycles. The van der Waals surface area contributed by atoms with Crippen LogP contribution in [0, 0.1) is 0 Å². The van der Waals surface area contributed by atoms with Gasteiger partial charge in [-0.05, 0) is 24.3 Å². The Kier molecular flexibility index (Phi) is 7.57. The van der Waals surface area contributed by atoms with E-state index < -0.39 is 10.8 Å². The highest BCUT2D eigenvalue weighted by Gasteiger charge is 2.09. The minimum atomic E-state index is -1.15. The Morgan fingerprint density at radius 1 is 1.23 bits per heavy atom. The number of methoxy groups -OCH3 is 1. The zero-order chi connectivity index (χ0) is 18.8. The summed E-state index contributed by atoms with van der Waals surface area (Å²) in [5.41, 5.74) is 1.89. The number of nitrogens with zero attached hydrogens (tertiary/aromatic N) is 1. The number of nitrogens with one attached hydrogen (secondary N) is 1. The predicted molar refractivity (Wildman–Crippen MR) is 102 cm³/mol. The lowest BCUT2D eigenvalue weighted by atomic mass is 10.1. The standard InChI is InChI=1S/C11H12N2O2.C8H8O2S/c1-12-8-3-4-9(10(5-8)14-2)11-6-13-7-15-11;9-6-7-11(10)8-4-2-1-3-5-8/h3-7,12H,1-2H3;1-6H,7H2. The number of hydrogen-bond acceptors (Lipinski definition) is 6. The van der Waals surface area contributed by atoms with Crippen LogP contribution < -0.4 is 10.1 Å². The van der Waals surface area contributed by atoms with E-state index in [-0.39, 0.29) is 5.75 Å². The average Bonchev–Trinajstić information content (AvgIpc) is 3.23. The summed E-state index contributed by atoms with van der Waals surface area (Å²) in [6.07, 6.45) is 3.74. The van der Waals surface area contributed by atoms with E-state index in [4.69, 9.17) is 9.15 Å². The molecule has 3 aromatic rings. The van der Waals surface area contributed by atoms with Gasteiger partial charge in [-0.2, -0.15) is 0 Å². The molecular weight excluding hydrogens is 352 g/mol. The van der Waals surface area contributed by atoms with Gasteiger partial charge in [0, 0.05) is 23.7 Å². The molecular formula is C19H20N2O4S. The van der Waals surface area contributed by atoms with Crippen LogP contribution in [0.4, 0.5) is 5.69 Å². The Labute approximate surface area is 154 Å². The van der Waals surface area contributed by atoms with Crippen LogP contribution in [0.25, 0.3) is 11.3 Å². The van der Waals surface area contributed by atoms with Gasteiger partial charge in [0.1, 0.15) is 12.0 Å². The van der Waals surface area contributed by atoms with E-state index in [1.54, 1.807) is 37.6 Å². The third-order valence-corrected chi connectivity index (χ3v) is 4.65. The summed E-state index contributed by atoms with van der Waals surface area (Å²) in [4.78, 5) is 14.6. The number of rotatable bonds is 6. The monoisotopic (exact) mass is 372 g/mol. The summed E-state index contributed by atoms with van der Waals surface area (Å²) in [7, 11) is 2.35. The number of anilines is 1. The summed E-state index contributed by atoms with van der Waals surface area (Å²) in [5, 5.41) is 3.05. The highest BCUT2D eigenvalue weighted by atomic mass is 32.2. The zero-order valence-electron chi connectivity index (χ0n) is 14.5. The molecule has 0 amide bonds. The molecule has 0 fully saturated rings. The molecule has 0 saturated heterocycles. The first-order chi connectivity index (χ1) is 12.7. The molecule has 1 unspecified atom stereocenters. The average molecular weight is 372 g/mol. The van der Waals surface area contributed by atoms with E-state index in [0.717, 1.165) is 17.0 Å². The molecule has 7 heteroatoms. The van der Waals surface area contributed by atoms with E-state index in [9.17, 15) is 9.00 Å². The molecule has 3 rings (SSSR count). The molecule has 1 atom stereocenters. The first-order valence-corrected chi connectivity index (χ1v) is 9.13. The van der Waals surface area contributed by atoms with Crippen LogP contribution in [-0.4, -0.2) is 35.4 Å². The molecule has 26 heavy (non-hydrogen) atoms. The lowest BCUT2D eigenvalue weighted by molar-refractivity contribution is -0.105. The van der Waals surface area contributed by atoms with E-state index in [1.165, 1.54) is 6.39 Å². The molecule has 1 heterocycles. The maximum Gasteiger partial charge on any atom is 0.181 e. The SMILES string of the molecule is CNc1ccc(-c2cnco2)c(OC)c1.O=CCS(=O)c1ccccc1. The molecule has 0 aliphatic carbocycles. The van der Waals surface area contributed by atoms with Crippen LogP contribution in [-0.2, 0) is 15.6 Å². The normalized spacial score (nSPS) is 11.0. The van der Waals surface area contributed by atoms with Crippen LogP contribution in [0.2, 0.25) is 0 Å². The van der Waals surface area contributed by atoms with Gasteiger partial charge in [-0.1, -0.05) is 18.2 Å². The van der Waals surface area contributed by atoms with Crippen LogP contribution in [0.1, 0.15) is 0 Å². The number of aldehydes is 1. The Bertz CT molecular complexity index is 836. The van der Waals surface area contributed by atoms with Crippen molar-refractivity contribution in [2.45, 2.75) is 4.90 Å². The fourth-order valence-corrected chi connectivity index (χ4v) is 2.91. The van der Waals surface area contributed by atoms with E-state index >= 15 is 0 Å². The third kappa shape index (κ3) is 5.29. The first-order valence-electron chi connectivity index (χ1n) is 7.81. The Morgan fingerprint density at radius 3 is 2.58 bits per heavy atom. The molecule has 0 aliphatic heterocycles. The van der Waals surface area contributed by atoms with Crippen molar-refractivity contribution in [1.82, 2.24) is 4.98 Å². The molecule has 1 aromatic heterocycles. The maximum atomic E-state index is 11.1. The topological polar surface area (TPSA) is 81.4 Å². The second kappa shape index (κ2) is 10.1. The molecule has 0 aliphatic rings. The smallest absolute Gasteiger partial charge is 0.181 e. The summed E-state index contributed by atoms with van der Waals surface area (Å²) in [5.74, 6) is 1.55. The minimum Gasteiger partial charge on any atom is -0.496 e. The van der Waals surface area contributed by atoms with Crippen LogP contribution in [0.15, 0.2) is 70.4 Å². The van der Waals surface area contributed by atoms with Gasteiger partial charge < -0.3 is 19.3 Å². The number of carbonyl (C=O) groups is 1. The summed E-state index contributed by atoms with van der Waals surface area (Å²) >= 11 is 0. The van der Waals surface area contributed by atoms with Gasteiger partial charge in [0.2, 0.25) is 0 Å². The zero-order valence-corrected chi connectivity index (χ0v) is 15.4. The molecule has 1 N–H and O–H groups in total. The number of oxazole rings is 1. The molecule has 136 valence electrons. The van der Waals surface area contributed by atoms with Gasteiger partial charge in [0.25, 0.3) is 0 Å². The summed E-state index contributed by atoms with van der Waals surface area (Å²) in [6.45, 7) is 0. The summed E-state index contributed by atoms with van der Waals surface area (Å²) in [6, 6.07) is 14.8. The van der Waals surface area contributed by atoms with Crippen LogP contribution in [0.3, 0.4) is 0 Å². The first kappa shape index (κ1) is 19.4. The van der Waals surface area contributed by atoms with E-state index in [0.29, 0.717) is 16.9 Å². The fourth-order valence-electron chi connectivity index (χ4n) is 2.13. The second-order valence-electron chi connectivity index (χ2n) is 5.02. The van der Waals surface area contributed by atoms with Crippen molar-refractivity contribution in [2.75, 3.05) is 25.2 Å². The quantitative estimate of drug-likeness (QED) is 0.668. The van der Waals surface area contributed by atoms with E-state index in [2.05, 4.69) is 10.3 Å². The highest BCUT2D eigenvalue weighted by Crippen LogP contribution is 2.31. The van der Waals surface area contributed by atoms with Gasteiger partial charge in [0.05, 0.1) is 35.4 Å². The van der Waals surface area contributed by atoms with Gasteiger partial charge in [-0.3, -0.25) is 4.21 Å². The number of ether oxygens (including phenoxy) is 1. The molecule has 0 saturated carbocycles. The van der Waals surface area contributed by atoms with Gasteiger partial charge in [0.15, 0.2) is 12.2 Å². The second-order valence-corrected chi connectivity index (χ2v) is 6.52. The lowest BCUT2D eigenvalue weighted by Gasteiger charge is -2.08. The third-order valence-electron chi connectivity index (χ3n) is 3.41. The van der Waals surface area contributed by atoms with Gasteiger partial charge >= 0.3 is 0 Å². The van der Waals surface area contributed by atoms with Crippen molar-refractivity contribution in [2.24, 2.45) is 0 Å². The number of carbonyl (C=O) groups excluding carboxylic acids is 1. The largest absolute Gasteiger partial charge is 0.496 e. The maximum absolute atomic E-state index is 11.1. The van der Waals surface area contributed by atoms with Crippen LogP contribution in [0.5, 0.6) is 5.75 Å². The fraction of sp³-hybridized carbons (Fsp3) is 0.158. The summed E-state index contributed by atoms with van der Waals surface area (Å²) < 4.78 is 21.6. The van der Waals surface area contributed by atoms with Crippen molar-refractivity contribution in [3.63, 3.8) is 0 Å². The van der Waals surface area contributed by atoms with E-state index in [1.807, 2.05) is 31.3 Å². The van der Waals surface area contributed by atoms with Gasteiger partial charge in [-0.15, -0.1) is 0 Å². The van der Waals surface area contributed by atoms with Gasteiger partial charge in [-0.25, -0.2) is 4.98 Å². The molecule has 6 nitrogen and oxygen atoms in total.